The first kappa shape index (κ1) is 32.6. The average molecular weight is 743 g/mol. The minimum absolute atomic E-state index is 0.561. The second-order valence-corrected chi connectivity index (χ2v) is 15.1. The van der Waals surface area contributed by atoms with E-state index in [4.69, 9.17) is 19.4 Å². The summed E-state index contributed by atoms with van der Waals surface area (Å²) in [6.07, 6.45) is 6.36. The van der Waals surface area contributed by atoms with Gasteiger partial charge >= 0.3 is 0 Å². The maximum absolute atomic E-state index is 6.78. The van der Waals surface area contributed by atoms with Crippen molar-refractivity contribution in [3.8, 4) is 51.0 Å². The Balaban J connectivity index is 1.16. The standard InChI is InChI=1S/C53H34N4O/c1-2-14-33(15-3-1)35-20-12-21-38(28-35)51-54-52(43-25-13-19-34-16-6-7-22-40(34)43)56-53(55-51)46-32-39(31-45-42-24-9-11-27-49(42)58-50(45)46)57-47-26-10-8-23-41(47)44-29-36-17-4-5-18-37(36)30-48(44)57/h1-6,8-21,23-32H,7,22H2. The van der Waals surface area contributed by atoms with Crippen LogP contribution in [0.3, 0.4) is 0 Å². The van der Waals surface area contributed by atoms with Gasteiger partial charge in [-0.2, -0.15) is 0 Å². The Kier molecular flexibility index (Phi) is 7.29. The summed E-state index contributed by atoms with van der Waals surface area (Å²) in [7, 11) is 0. The topological polar surface area (TPSA) is 56.7 Å². The first-order valence-corrected chi connectivity index (χ1v) is 19.8. The van der Waals surface area contributed by atoms with E-state index in [0.717, 1.165) is 79.3 Å². The first-order chi connectivity index (χ1) is 28.7. The number of benzene rings is 8. The van der Waals surface area contributed by atoms with Crippen LogP contribution in [0.5, 0.6) is 0 Å². The number of allylic oxidation sites excluding steroid dienone is 1. The number of aromatic nitrogens is 4. The molecule has 3 aromatic heterocycles. The highest BCUT2D eigenvalue weighted by Crippen LogP contribution is 2.42. The van der Waals surface area contributed by atoms with Gasteiger partial charge in [0.15, 0.2) is 17.5 Å². The van der Waals surface area contributed by atoms with Crippen LogP contribution in [0.2, 0.25) is 0 Å². The molecule has 11 aromatic rings. The van der Waals surface area contributed by atoms with Crippen molar-refractivity contribution in [1.82, 2.24) is 19.5 Å². The van der Waals surface area contributed by atoms with E-state index in [1.54, 1.807) is 0 Å². The lowest BCUT2D eigenvalue weighted by molar-refractivity contribution is 0.669. The van der Waals surface area contributed by atoms with Gasteiger partial charge in [0, 0.05) is 38.4 Å². The zero-order valence-electron chi connectivity index (χ0n) is 31.4. The molecule has 0 bridgehead atoms. The van der Waals surface area contributed by atoms with E-state index in [1.807, 2.05) is 18.2 Å². The molecule has 0 atom stereocenters. The predicted molar refractivity (Wildman–Crippen MR) is 238 cm³/mol. The first-order valence-electron chi connectivity index (χ1n) is 19.8. The molecule has 0 N–H and O–H groups in total. The molecule has 0 saturated carbocycles. The zero-order valence-corrected chi connectivity index (χ0v) is 31.4. The average Bonchev–Trinajstić information content (AvgIpc) is 3.83. The van der Waals surface area contributed by atoms with Crippen LogP contribution in [0.25, 0.3) is 112 Å². The van der Waals surface area contributed by atoms with Crippen molar-refractivity contribution in [3.05, 3.63) is 187 Å². The van der Waals surface area contributed by atoms with Gasteiger partial charge < -0.3 is 8.98 Å². The van der Waals surface area contributed by atoms with Crippen LogP contribution < -0.4 is 0 Å². The highest BCUT2D eigenvalue weighted by Gasteiger charge is 2.23. The summed E-state index contributed by atoms with van der Waals surface area (Å²) in [6.45, 7) is 0. The Morgan fingerprint density at radius 2 is 1.17 bits per heavy atom. The van der Waals surface area contributed by atoms with Crippen LogP contribution in [0.15, 0.2) is 180 Å². The maximum atomic E-state index is 6.78. The molecule has 272 valence electrons. The molecule has 58 heavy (non-hydrogen) atoms. The Morgan fingerprint density at radius 3 is 2.07 bits per heavy atom. The molecule has 0 saturated heterocycles. The van der Waals surface area contributed by atoms with E-state index >= 15 is 0 Å². The Morgan fingerprint density at radius 1 is 0.466 bits per heavy atom. The van der Waals surface area contributed by atoms with Crippen molar-refractivity contribution in [1.29, 1.82) is 0 Å². The molecule has 0 radical (unpaired) electrons. The molecule has 0 unspecified atom stereocenters. The van der Waals surface area contributed by atoms with E-state index < -0.39 is 0 Å². The lowest BCUT2D eigenvalue weighted by Gasteiger charge is -2.16. The number of hydrogen-bond donors (Lipinski definition) is 0. The van der Waals surface area contributed by atoms with Gasteiger partial charge in [-0.1, -0.05) is 140 Å². The largest absolute Gasteiger partial charge is 0.455 e. The number of fused-ring (bicyclic) bond motifs is 8. The van der Waals surface area contributed by atoms with Crippen LogP contribution in [0.4, 0.5) is 0 Å². The lowest BCUT2D eigenvalue weighted by Crippen LogP contribution is -2.04. The summed E-state index contributed by atoms with van der Waals surface area (Å²) >= 11 is 0. The molecule has 0 spiro atoms. The van der Waals surface area contributed by atoms with Gasteiger partial charge in [-0.05, 0) is 88.3 Å². The summed E-state index contributed by atoms with van der Waals surface area (Å²) in [5.74, 6) is 1.82. The molecular formula is C53H34N4O. The van der Waals surface area contributed by atoms with E-state index in [2.05, 4.69) is 168 Å². The number of furan rings is 1. The Hall–Kier alpha value is -7.63. The molecule has 0 aliphatic heterocycles. The molecule has 0 fully saturated rings. The Bertz CT molecular complexity index is 3460. The van der Waals surface area contributed by atoms with Crippen molar-refractivity contribution >= 4 is 60.6 Å². The molecule has 1 aliphatic rings. The number of hydrogen-bond acceptors (Lipinski definition) is 4. The van der Waals surface area contributed by atoms with Crippen molar-refractivity contribution in [3.63, 3.8) is 0 Å². The van der Waals surface area contributed by atoms with Crippen molar-refractivity contribution < 1.29 is 4.42 Å². The molecule has 12 rings (SSSR count). The van der Waals surface area contributed by atoms with Crippen molar-refractivity contribution in [2.75, 3.05) is 0 Å². The normalized spacial score (nSPS) is 12.6. The van der Waals surface area contributed by atoms with E-state index in [9.17, 15) is 0 Å². The minimum Gasteiger partial charge on any atom is -0.455 e. The third kappa shape index (κ3) is 5.21. The third-order valence-electron chi connectivity index (χ3n) is 11.7. The van der Waals surface area contributed by atoms with Gasteiger partial charge in [0.2, 0.25) is 0 Å². The van der Waals surface area contributed by atoms with E-state index in [1.165, 1.54) is 32.7 Å². The highest BCUT2D eigenvalue weighted by atomic mass is 16.3. The van der Waals surface area contributed by atoms with E-state index in [0.29, 0.717) is 17.5 Å². The molecular weight excluding hydrogens is 709 g/mol. The number of nitrogens with zero attached hydrogens (tertiary/aromatic N) is 4. The summed E-state index contributed by atoms with van der Waals surface area (Å²) in [5.41, 5.74) is 12.3. The van der Waals surface area contributed by atoms with Gasteiger partial charge in [-0.25, -0.2) is 15.0 Å². The van der Waals surface area contributed by atoms with Gasteiger partial charge in [-0.3, -0.25) is 0 Å². The number of para-hydroxylation sites is 2. The highest BCUT2D eigenvalue weighted by molar-refractivity contribution is 6.15. The van der Waals surface area contributed by atoms with Crippen LogP contribution in [0, 0.1) is 0 Å². The van der Waals surface area contributed by atoms with Crippen molar-refractivity contribution in [2.24, 2.45) is 0 Å². The van der Waals surface area contributed by atoms with Crippen LogP contribution in [-0.2, 0) is 6.42 Å². The quantitative estimate of drug-likeness (QED) is 0.176. The SMILES string of the molecule is C1=Cc2cccc(-c3nc(-c4cccc(-c5ccccc5)c4)nc(-c4cc(-n5c6ccccc6c6cc7ccccc7cc65)cc5c4oc4ccccc45)n3)c2CC1. The minimum atomic E-state index is 0.561. The summed E-state index contributed by atoms with van der Waals surface area (Å²) < 4.78 is 9.17. The summed E-state index contributed by atoms with van der Waals surface area (Å²) in [4.78, 5) is 16.0. The zero-order chi connectivity index (χ0) is 38.2. The molecule has 5 heteroatoms. The van der Waals surface area contributed by atoms with Crippen molar-refractivity contribution in [2.45, 2.75) is 12.8 Å². The summed E-state index contributed by atoms with van der Waals surface area (Å²) in [5, 5.41) is 6.87. The van der Waals surface area contributed by atoms with Gasteiger partial charge in [0.1, 0.15) is 11.2 Å². The smallest absolute Gasteiger partial charge is 0.167 e. The second-order valence-electron chi connectivity index (χ2n) is 15.1. The molecule has 3 heterocycles. The molecule has 0 amide bonds. The molecule has 8 aromatic carbocycles. The third-order valence-corrected chi connectivity index (χ3v) is 11.7. The van der Waals surface area contributed by atoms with E-state index in [-0.39, 0.29) is 0 Å². The number of rotatable bonds is 5. The molecule has 5 nitrogen and oxygen atoms in total. The maximum Gasteiger partial charge on any atom is 0.167 e. The summed E-state index contributed by atoms with van der Waals surface area (Å²) in [6, 6.07) is 60.0. The fourth-order valence-electron chi connectivity index (χ4n) is 8.94. The van der Waals surface area contributed by atoms with Crippen LogP contribution >= 0.6 is 0 Å². The van der Waals surface area contributed by atoms with Gasteiger partial charge in [0.25, 0.3) is 0 Å². The van der Waals surface area contributed by atoms with Gasteiger partial charge in [0.05, 0.1) is 16.6 Å². The molecule has 1 aliphatic carbocycles. The monoisotopic (exact) mass is 742 g/mol. The van der Waals surface area contributed by atoms with Gasteiger partial charge in [-0.15, -0.1) is 0 Å². The Labute approximate surface area is 334 Å². The fraction of sp³-hybridized carbons (Fsp3) is 0.0377. The van der Waals surface area contributed by atoms with Crippen LogP contribution in [-0.4, -0.2) is 19.5 Å². The van der Waals surface area contributed by atoms with Crippen LogP contribution in [0.1, 0.15) is 17.5 Å². The second kappa shape index (κ2) is 13.0. The predicted octanol–water partition coefficient (Wildman–Crippen LogP) is 13.6. The lowest BCUT2D eigenvalue weighted by atomic mass is 9.92. The fourth-order valence-corrected chi connectivity index (χ4v) is 8.94.